The number of nitrogens with two attached hydrogens (primary N) is 1. The van der Waals surface area contributed by atoms with Gasteiger partial charge in [-0.25, -0.2) is 0 Å². The Morgan fingerprint density at radius 3 is 2.33 bits per heavy atom. The van der Waals surface area contributed by atoms with Gasteiger partial charge in [-0.3, -0.25) is 0 Å². The molecule has 96 valence electrons. The molecule has 1 nitrogen and oxygen atoms in total. The van der Waals surface area contributed by atoms with E-state index in [0.29, 0.717) is 0 Å². The summed E-state index contributed by atoms with van der Waals surface area (Å²) in [5.41, 5.74) is 9.07. The Bertz CT molecular complexity index is 539. The first-order valence-corrected chi connectivity index (χ1v) is 7.61. The molecule has 1 unspecified atom stereocenters. The van der Waals surface area contributed by atoms with E-state index in [-0.39, 0.29) is 11.5 Å². The summed E-state index contributed by atoms with van der Waals surface area (Å²) in [6, 6.07) is 12.6. The second kappa shape index (κ2) is 5.16. The van der Waals surface area contributed by atoms with Gasteiger partial charge in [0.05, 0.1) is 9.83 Å². The average molecular weight is 324 g/mol. The number of hydrogen-bond acceptors (Lipinski definition) is 2. The Labute approximate surface area is 121 Å². The summed E-state index contributed by atoms with van der Waals surface area (Å²) in [7, 11) is 0. The Hall–Kier alpha value is -0.640. The zero-order valence-electron chi connectivity index (χ0n) is 10.9. The van der Waals surface area contributed by atoms with E-state index in [1.165, 1.54) is 16.0 Å². The Kier molecular flexibility index (Phi) is 3.95. The van der Waals surface area contributed by atoms with Crippen molar-refractivity contribution in [3.05, 3.63) is 56.2 Å². The number of benzene rings is 1. The number of thiophene rings is 1. The molecule has 0 spiro atoms. The summed E-state index contributed by atoms with van der Waals surface area (Å²) >= 11 is 5.20. The molecule has 0 amide bonds. The summed E-state index contributed by atoms with van der Waals surface area (Å²) in [5, 5.41) is 0. The molecule has 2 aromatic rings. The summed E-state index contributed by atoms with van der Waals surface area (Å²) in [5.74, 6) is 0. The maximum Gasteiger partial charge on any atom is 0.0702 e. The fraction of sp³-hybridized carbons (Fsp3) is 0.333. The van der Waals surface area contributed by atoms with Gasteiger partial charge in [-0.15, -0.1) is 11.3 Å². The molecule has 0 fully saturated rings. The molecule has 1 aromatic carbocycles. The van der Waals surface area contributed by atoms with Crippen LogP contribution in [0.25, 0.3) is 0 Å². The molecule has 0 aliphatic heterocycles. The minimum absolute atomic E-state index is 0.0447. The van der Waals surface area contributed by atoms with Gasteiger partial charge in [0.15, 0.2) is 0 Å². The van der Waals surface area contributed by atoms with Crippen LogP contribution < -0.4 is 5.73 Å². The smallest absolute Gasteiger partial charge is 0.0702 e. The van der Waals surface area contributed by atoms with E-state index >= 15 is 0 Å². The first kappa shape index (κ1) is 13.8. The van der Waals surface area contributed by atoms with E-state index in [0.717, 1.165) is 3.79 Å². The fourth-order valence-electron chi connectivity index (χ4n) is 2.10. The molecule has 0 radical (unpaired) electrons. The van der Waals surface area contributed by atoms with Crippen molar-refractivity contribution in [3.63, 3.8) is 0 Å². The zero-order valence-corrected chi connectivity index (χ0v) is 13.3. The van der Waals surface area contributed by atoms with Gasteiger partial charge in [-0.05, 0) is 44.6 Å². The molecule has 18 heavy (non-hydrogen) atoms. The second-order valence-electron chi connectivity index (χ2n) is 5.46. The van der Waals surface area contributed by atoms with Crippen molar-refractivity contribution in [2.75, 3.05) is 0 Å². The average Bonchev–Trinajstić information content (AvgIpc) is 2.74. The molecular formula is C15H18BrNS. The standard InChI is InChI=1S/C15H18BrNS/c1-15(2,3)11-7-5-4-6-10(11)14(17)12-8-9-13(16)18-12/h4-9,14H,17H2,1-3H3. The van der Waals surface area contributed by atoms with E-state index in [9.17, 15) is 0 Å². The van der Waals surface area contributed by atoms with Crippen LogP contribution in [0.4, 0.5) is 0 Å². The summed E-state index contributed by atoms with van der Waals surface area (Å²) in [6.07, 6.45) is 0. The van der Waals surface area contributed by atoms with Gasteiger partial charge >= 0.3 is 0 Å². The van der Waals surface area contributed by atoms with Gasteiger partial charge in [0.1, 0.15) is 0 Å². The monoisotopic (exact) mass is 323 g/mol. The molecule has 1 atom stereocenters. The first-order valence-electron chi connectivity index (χ1n) is 6.00. The number of hydrogen-bond donors (Lipinski definition) is 1. The molecule has 2 N–H and O–H groups in total. The minimum atomic E-state index is -0.0447. The third-order valence-electron chi connectivity index (χ3n) is 3.00. The lowest BCUT2D eigenvalue weighted by atomic mass is 9.82. The molecule has 0 aliphatic rings. The Morgan fingerprint density at radius 2 is 1.78 bits per heavy atom. The number of rotatable bonds is 2. The highest BCUT2D eigenvalue weighted by Gasteiger charge is 2.22. The van der Waals surface area contributed by atoms with Crippen LogP contribution in [0.1, 0.15) is 42.8 Å². The molecule has 0 aliphatic carbocycles. The van der Waals surface area contributed by atoms with Crippen molar-refractivity contribution < 1.29 is 0 Å². The van der Waals surface area contributed by atoms with Crippen LogP contribution >= 0.6 is 27.3 Å². The second-order valence-corrected chi connectivity index (χ2v) is 7.95. The maximum absolute atomic E-state index is 6.42. The molecule has 0 saturated carbocycles. The Morgan fingerprint density at radius 1 is 1.11 bits per heavy atom. The third-order valence-corrected chi connectivity index (χ3v) is 4.71. The van der Waals surface area contributed by atoms with Crippen LogP contribution in [0.3, 0.4) is 0 Å². The molecule has 0 bridgehead atoms. The first-order chi connectivity index (χ1) is 8.39. The molecular weight excluding hydrogens is 306 g/mol. The highest BCUT2D eigenvalue weighted by atomic mass is 79.9. The predicted octanol–water partition coefficient (Wildman–Crippen LogP) is 4.86. The van der Waals surface area contributed by atoms with Crippen LogP contribution in [0.15, 0.2) is 40.2 Å². The highest BCUT2D eigenvalue weighted by Crippen LogP contribution is 2.34. The SMILES string of the molecule is CC(C)(C)c1ccccc1C(N)c1ccc(Br)s1. The topological polar surface area (TPSA) is 26.0 Å². The molecule has 0 saturated heterocycles. The lowest BCUT2D eigenvalue weighted by molar-refractivity contribution is 0.578. The summed E-state index contributed by atoms with van der Waals surface area (Å²) in [6.45, 7) is 6.68. The van der Waals surface area contributed by atoms with E-state index in [1.807, 2.05) is 0 Å². The van der Waals surface area contributed by atoms with Crippen molar-refractivity contribution in [2.24, 2.45) is 5.73 Å². The largest absolute Gasteiger partial charge is 0.320 e. The van der Waals surface area contributed by atoms with Crippen LogP contribution in [-0.4, -0.2) is 0 Å². The molecule has 2 rings (SSSR count). The predicted molar refractivity (Wildman–Crippen MR) is 83.2 cm³/mol. The van der Waals surface area contributed by atoms with Crippen molar-refractivity contribution in [2.45, 2.75) is 32.2 Å². The molecule has 1 heterocycles. The fourth-order valence-corrected chi connectivity index (χ4v) is 3.54. The maximum atomic E-state index is 6.42. The van der Waals surface area contributed by atoms with Crippen LogP contribution in [0.5, 0.6) is 0 Å². The third kappa shape index (κ3) is 2.85. The van der Waals surface area contributed by atoms with Crippen LogP contribution in [0.2, 0.25) is 0 Å². The summed E-state index contributed by atoms with van der Waals surface area (Å²) < 4.78 is 1.13. The van der Waals surface area contributed by atoms with Crippen LogP contribution in [0, 0.1) is 0 Å². The lowest BCUT2D eigenvalue weighted by Gasteiger charge is -2.25. The van der Waals surface area contributed by atoms with Crippen molar-refractivity contribution in [1.82, 2.24) is 0 Å². The zero-order chi connectivity index (χ0) is 13.3. The van der Waals surface area contributed by atoms with Crippen LogP contribution in [-0.2, 0) is 5.41 Å². The van der Waals surface area contributed by atoms with E-state index in [2.05, 4.69) is 73.1 Å². The normalized spacial score (nSPS) is 13.6. The molecule has 3 heteroatoms. The lowest BCUT2D eigenvalue weighted by Crippen LogP contribution is -2.20. The number of halogens is 1. The van der Waals surface area contributed by atoms with Crippen molar-refractivity contribution in [3.8, 4) is 0 Å². The van der Waals surface area contributed by atoms with Crippen molar-refractivity contribution >= 4 is 27.3 Å². The quantitative estimate of drug-likeness (QED) is 0.839. The van der Waals surface area contributed by atoms with Gasteiger partial charge in [0.25, 0.3) is 0 Å². The van der Waals surface area contributed by atoms with Gasteiger partial charge in [-0.1, -0.05) is 45.0 Å². The molecule has 1 aromatic heterocycles. The minimum Gasteiger partial charge on any atom is -0.320 e. The van der Waals surface area contributed by atoms with E-state index in [4.69, 9.17) is 5.73 Å². The van der Waals surface area contributed by atoms with E-state index < -0.39 is 0 Å². The highest BCUT2D eigenvalue weighted by molar-refractivity contribution is 9.11. The summed E-state index contributed by atoms with van der Waals surface area (Å²) in [4.78, 5) is 1.19. The van der Waals surface area contributed by atoms with Gasteiger partial charge < -0.3 is 5.73 Å². The van der Waals surface area contributed by atoms with Gasteiger partial charge in [0, 0.05) is 4.88 Å². The van der Waals surface area contributed by atoms with Crippen molar-refractivity contribution in [1.29, 1.82) is 0 Å². The Balaban J connectivity index is 2.45. The van der Waals surface area contributed by atoms with Gasteiger partial charge in [-0.2, -0.15) is 0 Å². The van der Waals surface area contributed by atoms with Gasteiger partial charge in [0.2, 0.25) is 0 Å². The van der Waals surface area contributed by atoms with E-state index in [1.54, 1.807) is 11.3 Å².